The van der Waals surface area contributed by atoms with E-state index < -0.39 is 0 Å². The van der Waals surface area contributed by atoms with Gasteiger partial charge in [0, 0.05) is 24.3 Å². The average molecular weight is 306 g/mol. The first-order chi connectivity index (χ1) is 10.2. The van der Waals surface area contributed by atoms with E-state index in [-0.39, 0.29) is 5.91 Å². The van der Waals surface area contributed by atoms with E-state index in [0.717, 1.165) is 36.3 Å². The van der Waals surface area contributed by atoms with Crippen molar-refractivity contribution in [1.29, 1.82) is 0 Å². The molecule has 1 aliphatic heterocycles. The minimum atomic E-state index is 0.0540. The largest absolute Gasteiger partial charge is 0.385 e. The van der Waals surface area contributed by atoms with Crippen LogP contribution in [-0.2, 0) is 0 Å². The summed E-state index contributed by atoms with van der Waals surface area (Å²) in [7, 11) is 0. The number of hydrogen-bond donors (Lipinski definition) is 2. The zero-order chi connectivity index (χ0) is 15.1. The standard InChI is InChI=1S/C17H26N2OS/c1-3-8-18-16-5-4-15(11-13(16)2)17(20)19-12-14-6-9-21-10-7-14/h4-5,11,14,18H,3,6-10,12H2,1-2H3,(H,19,20). The molecule has 0 atom stereocenters. The third-order valence-electron chi connectivity index (χ3n) is 3.95. The Hall–Kier alpha value is -1.16. The molecule has 21 heavy (non-hydrogen) atoms. The molecule has 0 aromatic heterocycles. The number of amides is 1. The maximum absolute atomic E-state index is 12.2. The van der Waals surface area contributed by atoms with Crippen molar-refractivity contribution in [2.24, 2.45) is 5.92 Å². The number of anilines is 1. The number of benzene rings is 1. The second kappa shape index (κ2) is 8.32. The van der Waals surface area contributed by atoms with Gasteiger partial charge in [-0.3, -0.25) is 4.79 Å². The molecule has 0 spiro atoms. The summed E-state index contributed by atoms with van der Waals surface area (Å²) in [5, 5.41) is 6.47. The van der Waals surface area contributed by atoms with Crippen molar-refractivity contribution < 1.29 is 4.79 Å². The maximum Gasteiger partial charge on any atom is 0.251 e. The van der Waals surface area contributed by atoms with Crippen LogP contribution in [0.2, 0.25) is 0 Å². The summed E-state index contributed by atoms with van der Waals surface area (Å²) >= 11 is 2.02. The molecule has 0 radical (unpaired) electrons. The highest BCUT2D eigenvalue weighted by Crippen LogP contribution is 2.22. The number of hydrogen-bond acceptors (Lipinski definition) is 3. The molecular weight excluding hydrogens is 280 g/mol. The van der Waals surface area contributed by atoms with Crippen molar-refractivity contribution in [2.45, 2.75) is 33.1 Å². The molecule has 2 rings (SSSR count). The fraction of sp³-hybridized carbons (Fsp3) is 0.588. The molecule has 116 valence electrons. The van der Waals surface area contributed by atoms with Crippen molar-refractivity contribution >= 4 is 23.4 Å². The van der Waals surface area contributed by atoms with Crippen molar-refractivity contribution in [3.05, 3.63) is 29.3 Å². The first-order valence-electron chi connectivity index (χ1n) is 7.91. The predicted molar refractivity (Wildman–Crippen MR) is 92.3 cm³/mol. The highest BCUT2D eigenvalue weighted by Gasteiger charge is 2.15. The zero-order valence-corrected chi connectivity index (χ0v) is 13.9. The number of thioether (sulfide) groups is 1. The molecule has 1 aromatic carbocycles. The normalized spacial score (nSPS) is 15.7. The molecule has 3 nitrogen and oxygen atoms in total. The highest BCUT2D eigenvalue weighted by atomic mass is 32.2. The van der Waals surface area contributed by atoms with E-state index in [1.165, 1.54) is 24.3 Å². The van der Waals surface area contributed by atoms with Crippen LogP contribution in [0.4, 0.5) is 5.69 Å². The Morgan fingerprint density at radius 1 is 1.33 bits per heavy atom. The van der Waals surface area contributed by atoms with Gasteiger partial charge in [0.15, 0.2) is 0 Å². The predicted octanol–water partition coefficient (Wildman–Crippen LogP) is 3.69. The topological polar surface area (TPSA) is 41.1 Å². The summed E-state index contributed by atoms with van der Waals surface area (Å²) in [6.07, 6.45) is 3.55. The quantitative estimate of drug-likeness (QED) is 0.842. The zero-order valence-electron chi connectivity index (χ0n) is 13.1. The van der Waals surface area contributed by atoms with Gasteiger partial charge >= 0.3 is 0 Å². The van der Waals surface area contributed by atoms with Crippen LogP contribution in [0.3, 0.4) is 0 Å². The fourth-order valence-electron chi connectivity index (χ4n) is 2.55. The molecule has 1 saturated heterocycles. The van der Waals surface area contributed by atoms with E-state index in [0.29, 0.717) is 5.92 Å². The summed E-state index contributed by atoms with van der Waals surface area (Å²) in [6, 6.07) is 5.90. The molecule has 4 heteroatoms. The number of carbonyl (C=O) groups is 1. The first-order valence-corrected chi connectivity index (χ1v) is 9.06. The van der Waals surface area contributed by atoms with Gasteiger partial charge in [0.05, 0.1) is 0 Å². The Morgan fingerprint density at radius 3 is 2.76 bits per heavy atom. The lowest BCUT2D eigenvalue weighted by Crippen LogP contribution is -2.31. The van der Waals surface area contributed by atoms with Crippen LogP contribution in [0.5, 0.6) is 0 Å². The Kier molecular flexibility index (Phi) is 6.43. The van der Waals surface area contributed by atoms with E-state index in [4.69, 9.17) is 0 Å². The Morgan fingerprint density at radius 2 is 2.10 bits per heavy atom. The number of nitrogens with one attached hydrogen (secondary N) is 2. The fourth-order valence-corrected chi connectivity index (χ4v) is 3.76. The van der Waals surface area contributed by atoms with Crippen LogP contribution in [0.1, 0.15) is 42.1 Å². The minimum Gasteiger partial charge on any atom is -0.385 e. The van der Waals surface area contributed by atoms with Gasteiger partial charge in [-0.2, -0.15) is 11.8 Å². The Labute approximate surface area is 132 Å². The molecule has 0 unspecified atom stereocenters. The lowest BCUT2D eigenvalue weighted by atomic mass is 10.0. The molecule has 0 aliphatic carbocycles. The molecule has 0 bridgehead atoms. The SMILES string of the molecule is CCCNc1ccc(C(=O)NCC2CCSCC2)cc1C. The van der Waals surface area contributed by atoms with E-state index in [2.05, 4.69) is 17.6 Å². The number of rotatable bonds is 6. The molecule has 1 amide bonds. The molecular formula is C17H26N2OS. The lowest BCUT2D eigenvalue weighted by Gasteiger charge is -2.21. The minimum absolute atomic E-state index is 0.0540. The first kappa shape index (κ1) is 16.2. The van der Waals surface area contributed by atoms with Gasteiger partial charge in [-0.05, 0) is 67.4 Å². The van der Waals surface area contributed by atoms with Gasteiger partial charge in [-0.1, -0.05) is 6.92 Å². The maximum atomic E-state index is 12.2. The Bertz CT molecular complexity index is 470. The summed E-state index contributed by atoms with van der Waals surface area (Å²) in [4.78, 5) is 12.2. The van der Waals surface area contributed by atoms with Gasteiger partial charge in [-0.15, -0.1) is 0 Å². The van der Waals surface area contributed by atoms with Crippen LogP contribution < -0.4 is 10.6 Å². The number of carbonyl (C=O) groups excluding carboxylic acids is 1. The molecule has 2 N–H and O–H groups in total. The van der Waals surface area contributed by atoms with Crippen molar-refractivity contribution in [2.75, 3.05) is 29.9 Å². The van der Waals surface area contributed by atoms with Gasteiger partial charge < -0.3 is 10.6 Å². The lowest BCUT2D eigenvalue weighted by molar-refractivity contribution is 0.0946. The van der Waals surface area contributed by atoms with Crippen LogP contribution in [0, 0.1) is 12.8 Å². The molecule has 0 saturated carbocycles. The second-order valence-electron chi connectivity index (χ2n) is 5.72. The smallest absolute Gasteiger partial charge is 0.251 e. The van der Waals surface area contributed by atoms with Gasteiger partial charge in [0.2, 0.25) is 0 Å². The van der Waals surface area contributed by atoms with Crippen LogP contribution in [0.25, 0.3) is 0 Å². The summed E-state index contributed by atoms with van der Waals surface area (Å²) in [5.41, 5.74) is 3.02. The molecule has 1 aliphatic rings. The monoisotopic (exact) mass is 306 g/mol. The molecule has 1 fully saturated rings. The van der Waals surface area contributed by atoms with E-state index in [1.807, 2.05) is 36.9 Å². The molecule has 1 heterocycles. The number of aryl methyl sites for hydroxylation is 1. The van der Waals surface area contributed by atoms with E-state index in [1.54, 1.807) is 0 Å². The van der Waals surface area contributed by atoms with Crippen LogP contribution in [0.15, 0.2) is 18.2 Å². The second-order valence-corrected chi connectivity index (χ2v) is 6.95. The van der Waals surface area contributed by atoms with Crippen molar-refractivity contribution in [3.8, 4) is 0 Å². The molecule has 1 aromatic rings. The van der Waals surface area contributed by atoms with Gasteiger partial charge in [0.1, 0.15) is 0 Å². The third-order valence-corrected chi connectivity index (χ3v) is 4.99. The van der Waals surface area contributed by atoms with E-state index >= 15 is 0 Å². The summed E-state index contributed by atoms with van der Waals surface area (Å²) < 4.78 is 0. The average Bonchev–Trinajstić information content (AvgIpc) is 2.52. The summed E-state index contributed by atoms with van der Waals surface area (Å²) in [6.45, 7) is 5.97. The van der Waals surface area contributed by atoms with Gasteiger partial charge in [0.25, 0.3) is 5.91 Å². The van der Waals surface area contributed by atoms with Crippen molar-refractivity contribution in [1.82, 2.24) is 5.32 Å². The van der Waals surface area contributed by atoms with Crippen molar-refractivity contribution in [3.63, 3.8) is 0 Å². The Balaban J connectivity index is 1.88. The third kappa shape index (κ3) is 4.95. The van der Waals surface area contributed by atoms with Crippen LogP contribution in [-0.4, -0.2) is 30.5 Å². The highest BCUT2D eigenvalue weighted by molar-refractivity contribution is 7.99. The summed E-state index contributed by atoms with van der Waals surface area (Å²) in [5.74, 6) is 3.18. The van der Waals surface area contributed by atoms with Crippen LogP contribution >= 0.6 is 11.8 Å². The van der Waals surface area contributed by atoms with Gasteiger partial charge in [-0.25, -0.2) is 0 Å². The van der Waals surface area contributed by atoms with E-state index in [9.17, 15) is 4.79 Å².